The third-order valence-electron chi connectivity index (χ3n) is 3.70. The van der Waals surface area contributed by atoms with Crippen LogP contribution >= 0.6 is 0 Å². The maximum absolute atomic E-state index is 12.9. The molecule has 0 saturated carbocycles. The highest BCUT2D eigenvalue weighted by atomic mass is 19.1. The van der Waals surface area contributed by atoms with Gasteiger partial charge in [0, 0.05) is 32.0 Å². The van der Waals surface area contributed by atoms with Crippen molar-refractivity contribution in [2.45, 2.75) is 32.0 Å². The molecule has 1 unspecified atom stereocenters. The summed E-state index contributed by atoms with van der Waals surface area (Å²) in [7, 11) is 0. The summed E-state index contributed by atoms with van der Waals surface area (Å²) in [6.07, 6.45) is 1.41. The summed E-state index contributed by atoms with van der Waals surface area (Å²) >= 11 is 0. The van der Waals surface area contributed by atoms with Crippen LogP contribution in [0, 0.1) is 5.82 Å². The first-order valence-electron chi connectivity index (χ1n) is 7.57. The number of rotatable bonds is 7. The molecule has 1 atom stereocenters. The highest BCUT2D eigenvalue weighted by Crippen LogP contribution is 2.16. The number of halogens is 1. The molecule has 1 aliphatic heterocycles. The molecule has 0 radical (unpaired) electrons. The summed E-state index contributed by atoms with van der Waals surface area (Å²) in [5.74, 6) is -0.252. The Morgan fingerprint density at radius 3 is 2.62 bits per heavy atom. The zero-order valence-electron chi connectivity index (χ0n) is 12.5. The SMILES string of the molecule is CCN(CC(O)COC1CCOCC1)c1ccc(F)cc1. The van der Waals surface area contributed by atoms with Crippen LogP contribution in [0.15, 0.2) is 24.3 Å². The van der Waals surface area contributed by atoms with Crippen molar-refractivity contribution in [1.82, 2.24) is 0 Å². The largest absolute Gasteiger partial charge is 0.389 e. The molecular weight excluding hydrogens is 273 g/mol. The summed E-state index contributed by atoms with van der Waals surface area (Å²) in [5.41, 5.74) is 0.906. The molecule has 118 valence electrons. The zero-order valence-corrected chi connectivity index (χ0v) is 12.5. The van der Waals surface area contributed by atoms with Gasteiger partial charge < -0.3 is 19.5 Å². The van der Waals surface area contributed by atoms with Gasteiger partial charge in [0.15, 0.2) is 0 Å². The summed E-state index contributed by atoms with van der Waals surface area (Å²) in [6, 6.07) is 6.32. The van der Waals surface area contributed by atoms with Crippen molar-refractivity contribution in [3.63, 3.8) is 0 Å². The van der Waals surface area contributed by atoms with E-state index in [4.69, 9.17) is 9.47 Å². The summed E-state index contributed by atoms with van der Waals surface area (Å²) in [5, 5.41) is 10.1. The predicted molar refractivity (Wildman–Crippen MR) is 80.1 cm³/mol. The first kappa shape index (κ1) is 16.2. The normalized spacial score (nSPS) is 17.7. The van der Waals surface area contributed by atoms with Crippen LogP contribution in [-0.2, 0) is 9.47 Å². The van der Waals surface area contributed by atoms with Crippen LogP contribution in [0.1, 0.15) is 19.8 Å². The number of likely N-dealkylation sites (N-methyl/N-ethyl adjacent to an activating group) is 1. The van der Waals surface area contributed by atoms with Crippen LogP contribution in [-0.4, -0.2) is 50.2 Å². The van der Waals surface area contributed by atoms with Gasteiger partial charge >= 0.3 is 0 Å². The van der Waals surface area contributed by atoms with Crippen molar-refractivity contribution in [1.29, 1.82) is 0 Å². The number of hydrogen-bond donors (Lipinski definition) is 1. The van der Waals surface area contributed by atoms with Crippen LogP contribution in [0.2, 0.25) is 0 Å². The minimum Gasteiger partial charge on any atom is -0.389 e. The van der Waals surface area contributed by atoms with Crippen molar-refractivity contribution < 1.29 is 19.0 Å². The van der Waals surface area contributed by atoms with Gasteiger partial charge in [0.1, 0.15) is 5.82 Å². The maximum atomic E-state index is 12.9. The molecular formula is C16H24FNO3. The number of nitrogens with zero attached hydrogens (tertiary/aromatic N) is 1. The average Bonchev–Trinajstić information content (AvgIpc) is 2.52. The van der Waals surface area contributed by atoms with Crippen LogP contribution in [0.5, 0.6) is 0 Å². The van der Waals surface area contributed by atoms with Crippen LogP contribution < -0.4 is 4.90 Å². The van der Waals surface area contributed by atoms with E-state index in [2.05, 4.69) is 0 Å². The molecule has 0 aromatic heterocycles. The quantitative estimate of drug-likeness (QED) is 0.838. The van der Waals surface area contributed by atoms with Gasteiger partial charge in [-0.25, -0.2) is 4.39 Å². The number of anilines is 1. The van der Waals surface area contributed by atoms with Crippen LogP contribution in [0.3, 0.4) is 0 Å². The van der Waals surface area contributed by atoms with Crippen LogP contribution in [0.25, 0.3) is 0 Å². The lowest BCUT2D eigenvalue weighted by molar-refractivity contribution is -0.0575. The van der Waals surface area contributed by atoms with Gasteiger partial charge in [-0.1, -0.05) is 0 Å². The van der Waals surface area contributed by atoms with Crippen molar-refractivity contribution >= 4 is 5.69 Å². The highest BCUT2D eigenvalue weighted by molar-refractivity contribution is 5.46. The molecule has 0 spiro atoms. The minimum atomic E-state index is -0.558. The Balaban J connectivity index is 1.78. The topological polar surface area (TPSA) is 41.9 Å². The molecule has 0 amide bonds. The molecule has 5 heteroatoms. The number of aliphatic hydroxyl groups excluding tert-OH is 1. The Labute approximate surface area is 125 Å². The Bertz CT molecular complexity index is 406. The molecule has 0 bridgehead atoms. The summed E-state index contributed by atoms with van der Waals surface area (Å²) < 4.78 is 23.9. The molecule has 1 N–H and O–H groups in total. The van der Waals surface area contributed by atoms with Gasteiger partial charge in [-0.05, 0) is 44.0 Å². The molecule has 4 nitrogen and oxygen atoms in total. The van der Waals surface area contributed by atoms with E-state index in [1.165, 1.54) is 12.1 Å². The molecule has 1 aromatic rings. The van der Waals surface area contributed by atoms with E-state index < -0.39 is 6.10 Å². The Morgan fingerprint density at radius 2 is 2.00 bits per heavy atom. The van der Waals surface area contributed by atoms with Crippen LogP contribution in [0.4, 0.5) is 10.1 Å². The lowest BCUT2D eigenvalue weighted by Crippen LogP contribution is -2.36. The van der Waals surface area contributed by atoms with Gasteiger partial charge in [-0.15, -0.1) is 0 Å². The predicted octanol–water partition coefficient (Wildman–Crippen LogP) is 2.21. The van der Waals surface area contributed by atoms with Crippen molar-refractivity contribution in [3.8, 4) is 0 Å². The Kier molecular flexibility index (Phi) is 6.42. The molecule has 1 aromatic carbocycles. The van der Waals surface area contributed by atoms with E-state index in [9.17, 15) is 9.50 Å². The summed E-state index contributed by atoms with van der Waals surface area (Å²) in [6.45, 7) is 5.03. The Hall–Kier alpha value is -1.17. The van der Waals surface area contributed by atoms with Gasteiger partial charge in [-0.2, -0.15) is 0 Å². The van der Waals surface area contributed by atoms with Crippen molar-refractivity contribution in [3.05, 3.63) is 30.1 Å². The highest BCUT2D eigenvalue weighted by Gasteiger charge is 2.17. The van der Waals surface area contributed by atoms with E-state index in [0.29, 0.717) is 13.2 Å². The molecule has 21 heavy (non-hydrogen) atoms. The average molecular weight is 297 g/mol. The molecule has 1 heterocycles. The molecule has 1 aliphatic rings. The fraction of sp³-hybridized carbons (Fsp3) is 0.625. The molecule has 2 rings (SSSR count). The van der Waals surface area contributed by atoms with E-state index in [-0.39, 0.29) is 11.9 Å². The van der Waals surface area contributed by atoms with Gasteiger partial charge in [-0.3, -0.25) is 0 Å². The fourth-order valence-electron chi connectivity index (χ4n) is 2.47. The fourth-order valence-corrected chi connectivity index (χ4v) is 2.47. The summed E-state index contributed by atoms with van der Waals surface area (Å²) in [4.78, 5) is 2.01. The molecule has 0 aliphatic carbocycles. The molecule has 1 fully saturated rings. The van der Waals surface area contributed by atoms with E-state index in [1.807, 2.05) is 11.8 Å². The van der Waals surface area contributed by atoms with E-state index in [1.54, 1.807) is 12.1 Å². The second-order valence-electron chi connectivity index (χ2n) is 5.31. The first-order chi connectivity index (χ1) is 10.2. The Morgan fingerprint density at radius 1 is 1.33 bits per heavy atom. The zero-order chi connectivity index (χ0) is 15.1. The molecule has 1 saturated heterocycles. The lowest BCUT2D eigenvalue weighted by Gasteiger charge is -2.28. The number of aliphatic hydroxyl groups is 1. The second kappa shape index (κ2) is 8.32. The lowest BCUT2D eigenvalue weighted by atomic mass is 10.1. The smallest absolute Gasteiger partial charge is 0.123 e. The number of ether oxygens (including phenoxy) is 2. The maximum Gasteiger partial charge on any atom is 0.123 e. The van der Waals surface area contributed by atoms with Gasteiger partial charge in [0.25, 0.3) is 0 Å². The van der Waals surface area contributed by atoms with Crippen molar-refractivity contribution in [2.75, 3.05) is 37.8 Å². The van der Waals surface area contributed by atoms with E-state index >= 15 is 0 Å². The first-order valence-corrected chi connectivity index (χ1v) is 7.57. The number of hydrogen-bond acceptors (Lipinski definition) is 4. The standard InChI is InChI=1S/C16H24FNO3/c1-2-18(14-5-3-13(17)4-6-14)11-15(19)12-21-16-7-9-20-10-8-16/h3-6,15-16,19H,2,7-12H2,1H3. The van der Waals surface area contributed by atoms with Gasteiger partial charge in [0.05, 0.1) is 18.8 Å². The van der Waals surface area contributed by atoms with E-state index in [0.717, 1.165) is 38.3 Å². The van der Waals surface area contributed by atoms with Gasteiger partial charge in [0.2, 0.25) is 0 Å². The minimum absolute atomic E-state index is 0.189. The monoisotopic (exact) mass is 297 g/mol. The third kappa shape index (κ3) is 5.26. The second-order valence-corrected chi connectivity index (χ2v) is 5.31. The third-order valence-corrected chi connectivity index (χ3v) is 3.70. The number of benzene rings is 1. The van der Waals surface area contributed by atoms with Crippen molar-refractivity contribution in [2.24, 2.45) is 0 Å².